The molecule has 0 atom stereocenters. The summed E-state index contributed by atoms with van der Waals surface area (Å²) in [5.41, 5.74) is 1.73. The van der Waals surface area contributed by atoms with Crippen LogP contribution >= 0.6 is 11.6 Å². The number of piperazine rings is 1. The Morgan fingerprint density at radius 3 is 2.34 bits per heavy atom. The molecule has 2 saturated heterocycles. The number of carbonyl (C=O) groups is 2. The van der Waals surface area contributed by atoms with Crippen molar-refractivity contribution in [2.24, 2.45) is 0 Å². The molecule has 0 unspecified atom stereocenters. The van der Waals surface area contributed by atoms with Crippen LogP contribution in [0.4, 0.5) is 5.69 Å². The zero-order chi connectivity index (χ0) is 22.7. The topological polar surface area (TPSA) is 78.0 Å². The van der Waals surface area contributed by atoms with Gasteiger partial charge in [0.15, 0.2) is 0 Å². The smallest absolute Gasteiger partial charge is 0.256 e. The molecule has 2 heterocycles. The lowest BCUT2D eigenvalue weighted by atomic mass is 10.1. The van der Waals surface area contributed by atoms with E-state index in [1.807, 2.05) is 30.3 Å². The van der Waals surface area contributed by atoms with Crippen molar-refractivity contribution >= 4 is 45.2 Å². The zero-order valence-corrected chi connectivity index (χ0v) is 19.1. The Balaban J connectivity index is 1.45. The van der Waals surface area contributed by atoms with Gasteiger partial charge in [-0.25, -0.2) is 8.42 Å². The predicted molar refractivity (Wildman–Crippen MR) is 125 cm³/mol. The summed E-state index contributed by atoms with van der Waals surface area (Å²) >= 11 is 6.13. The van der Waals surface area contributed by atoms with Gasteiger partial charge in [0.2, 0.25) is 15.9 Å². The molecule has 2 amide bonds. The Kier molecular flexibility index (Phi) is 6.64. The van der Waals surface area contributed by atoms with Crippen LogP contribution in [0, 0.1) is 0 Å². The second kappa shape index (κ2) is 9.44. The van der Waals surface area contributed by atoms with E-state index in [0.29, 0.717) is 29.2 Å². The van der Waals surface area contributed by atoms with Gasteiger partial charge in [0, 0.05) is 49.6 Å². The van der Waals surface area contributed by atoms with E-state index in [4.69, 9.17) is 11.6 Å². The first-order chi connectivity index (χ1) is 15.3. The lowest BCUT2D eigenvalue weighted by Crippen LogP contribution is -2.50. The summed E-state index contributed by atoms with van der Waals surface area (Å²) in [6.45, 7) is 1.51. The molecule has 32 heavy (non-hydrogen) atoms. The van der Waals surface area contributed by atoms with Gasteiger partial charge in [0.05, 0.1) is 11.3 Å². The fourth-order valence-corrected chi connectivity index (χ4v) is 5.28. The maximum Gasteiger partial charge on any atom is 0.256 e. The fraction of sp³-hybridized carbons (Fsp3) is 0.304. The molecule has 0 saturated carbocycles. The average molecular weight is 474 g/mol. The number of halogens is 1. The fourth-order valence-electron chi connectivity index (χ4n) is 3.94. The second-order valence-electron chi connectivity index (χ2n) is 7.76. The molecule has 7 nitrogen and oxygen atoms in total. The number of anilines is 1. The highest BCUT2D eigenvalue weighted by molar-refractivity contribution is 7.92. The number of hydrogen-bond donors (Lipinski definition) is 0. The Hall–Kier alpha value is -2.68. The molecule has 0 spiro atoms. The van der Waals surface area contributed by atoms with E-state index in [9.17, 15) is 18.0 Å². The van der Waals surface area contributed by atoms with Gasteiger partial charge in [-0.2, -0.15) is 4.31 Å². The molecule has 9 heteroatoms. The standard InChI is InChI=1S/C23H24ClN3O4S/c24-19-8-9-20(21(17-19)27-11-4-7-22(27)28)23(29)25-12-14-26(15-13-25)32(30,31)16-10-18-5-2-1-3-6-18/h1-3,5-6,8-10,16-17H,4,7,11-15H2. The minimum absolute atomic E-state index is 0.0255. The average Bonchev–Trinajstić information content (AvgIpc) is 3.24. The summed E-state index contributed by atoms with van der Waals surface area (Å²) in [5.74, 6) is -0.254. The first-order valence-electron chi connectivity index (χ1n) is 10.5. The number of amides is 2. The summed E-state index contributed by atoms with van der Waals surface area (Å²) < 4.78 is 26.7. The number of nitrogens with zero attached hydrogens (tertiary/aromatic N) is 3. The van der Waals surface area contributed by atoms with Gasteiger partial charge in [-0.3, -0.25) is 9.59 Å². The van der Waals surface area contributed by atoms with Crippen LogP contribution in [-0.2, 0) is 14.8 Å². The van der Waals surface area contributed by atoms with Crippen LogP contribution in [0.25, 0.3) is 6.08 Å². The van der Waals surface area contributed by atoms with Crippen molar-refractivity contribution in [3.8, 4) is 0 Å². The van der Waals surface area contributed by atoms with Crippen LogP contribution in [0.3, 0.4) is 0 Å². The van der Waals surface area contributed by atoms with Crippen LogP contribution in [0.15, 0.2) is 53.9 Å². The third kappa shape index (κ3) is 4.87. The Morgan fingerprint density at radius 1 is 0.969 bits per heavy atom. The highest BCUT2D eigenvalue weighted by Crippen LogP contribution is 2.30. The van der Waals surface area contributed by atoms with Gasteiger partial charge in [0.25, 0.3) is 5.91 Å². The van der Waals surface area contributed by atoms with Gasteiger partial charge in [0.1, 0.15) is 0 Å². The van der Waals surface area contributed by atoms with Crippen molar-refractivity contribution in [3.63, 3.8) is 0 Å². The highest BCUT2D eigenvalue weighted by Gasteiger charge is 2.31. The highest BCUT2D eigenvalue weighted by atomic mass is 35.5. The first-order valence-corrected chi connectivity index (χ1v) is 12.4. The second-order valence-corrected chi connectivity index (χ2v) is 10.0. The Bertz CT molecular complexity index is 1140. The molecular weight excluding hydrogens is 450 g/mol. The number of hydrogen-bond acceptors (Lipinski definition) is 4. The van der Waals surface area contributed by atoms with Crippen LogP contribution in [0.2, 0.25) is 5.02 Å². The summed E-state index contributed by atoms with van der Waals surface area (Å²) in [6, 6.07) is 14.1. The molecule has 2 aliphatic heterocycles. The minimum atomic E-state index is -3.58. The third-order valence-corrected chi connectivity index (χ3v) is 7.47. The van der Waals surface area contributed by atoms with Crippen molar-refractivity contribution < 1.29 is 18.0 Å². The maximum atomic E-state index is 13.2. The van der Waals surface area contributed by atoms with Crippen LogP contribution in [0.5, 0.6) is 0 Å². The molecule has 4 rings (SSSR count). The van der Waals surface area contributed by atoms with Gasteiger partial charge < -0.3 is 9.80 Å². The summed E-state index contributed by atoms with van der Waals surface area (Å²) in [4.78, 5) is 28.7. The molecule has 2 aliphatic rings. The summed E-state index contributed by atoms with van der Waals surface area (Å²) in [7, 11) is -3.58. The van der Waals surface area contributed by atoms with Crippen LogP contribution in [-0.4, -0.2) is 62.2 Å². The largest absolute Gasteiger partial charge is 0.336 e. The van der Waals surface area contributed by atoms with Crippen molar-refractivity contribution in [1.82, 2.24) is 9.21 Å². The number of sulfonamides is 1. The zero-order valence-electron chi connectivity index (χ0n) is 17.5. The third-order valence-electron chi connectivity index (χ3n) is 5.67. The molecular formula is C23H24ClN3O4S. The van der Waals surface area contributed by atoms with E-state index >= 15 is 0 Å². The SMILES string of the molecule is O=C(c1ccc(Cl)cc1N1CCCC1=O)N1CCN(S(=O)(=O)C=Cc2ccccc2)CC1. The van der Waals surface area contributed by atoms with E-state index in [1.165, 1.54) is 9.71 Å². The molecule has 2 aromatic rings. The quantitative estimate of drug-likeness (QED) is 0.668. The van der Waals surface area contributed by atoms with E-state index in [2.05, 4.69) is 0 Å². The normalized spacial score (nSPS) is 18.0. The number of carbonyl (C=O) groups excluding carboxylic acids is 2. The molecule has 0 aliphatic carbocycles. The Labute approximate surface area is 192 Å². The molecule has 0 N–H and O–H groups in total. The van der Waals surface area contributed by atoms with Crippen molar-refractivity contribution in [3.05, 3.63) is 70.1 Å². The minimum Gasteiger partial charge on any atom is -0.336 e. The monoisotopic (exact) mass is 473 g/mol. The van der Waals surface area contributed by atoms with Crippen molar-refractivity contribution in [2.45, 2.75) is 12.8 Å². The van der Waals surface area contributed by atoms with Gasteiger partial charge in [-0.1, -0.05) is 41.9 Å². The maximum absolute atomic E-state index is 13.2. The first kappa shape index (κ1) is 22.5. The van der Waals surface area contributed by atoms with Crippen LogP contribution in [0.1, 0.15) is 28.8 Å². The molecule has 2 fully saturated rings. The lowest BCUT2D eigenvalue weighted by molar-refractivity contribution is -0.117. The predicted octanol–water partition coefficient (Wildman–Crippen LogP) is 3.23. The number of rotatable bonds is 5. The van der Waals surface area contributed by atoms with Gasteiger partial charge >= 0.3 is 0 Å². The number of benzene rings is 2. The summed E-state index contributed by atoms with van der Waals surface area (Å²) in [5, 5.41) is 1.66. The van der Waals surface area contributed by atoms with Crippen molar-refractivity contribution in [2.75, 3.05) is 37.6 Å². The van der Waals surface area contributed by atoms with Crippen LogP contribution < -0.4 is 4.90 Å². The van der Waals surface area contributed by atoms with E-state index in [0.717, 1.165) is 12.0 Å². The molecule has 168 valence electrons. The summed E-state index contributed by atoms with van der Waals surface area (Å²) in [6.07, 6.45) is 2.76. The van der Waals surface area contributed by atoms with Crippen molar-refractivity contribution in [1.29, 1.82) is 0 Å². The lowest BCUT2D eigenvalue weighted by Gasteiger charge is -2.34. The molecule has 0 radical (unpaired) electrons. The molecule has 2 aromatic carbocycles. The molecule has 0 bridgehead atoms. The van der Waals surface area contributed by atoms with Gasteiger partial charge in [-0.05, 0) is 36.3 Å². The van der Waals surface area contributed by atoms with Gasteiger partial charge in [-0.15, -0.1) is 0 Å². The molecule has 0 aromatic heterocycles. The Morgan fingerprint density at radius 2 is 1.69 bits per heavy atom. The van der Waals surface area contributed by atoms with E-state index < -0.39 is 10.0 Å². The van der Waals surface area contributed by atoms with E-state index in [-0.39, 0.29) is 38.0 Å². The van der Waals surface area contributed by atoms with E-state index in [1.54, 1.807) is 34.1 Å².